The number of nitrogens with one attached hydrogen (secondary N) is 2. The van der Waals surface area contributed by atoms with E-state index in [0.29, 0.717) is 6.54 Å². The highest BCUT2D eigenvalue weighted by Crippen LogP contribution is 2.07. The van der Waals surface area contributed by atoms with E-state index in [1.54, 1.807) is 0 Å². The fourth-order valence-electron chi connectivity index (χ4n) is 1.85. The molecule has 5 heteroatoms. The second-order valence-electron chi connectivity index (χ2n) is 6.24. The number of amides is 1. The molecule has 0 saturated heterocycles. The normalized spacial score (nSPS) is 11.3. The fraction of sp³-hybridized carbons (Fsp3) is 0.625. The first kappa shape index (κ1) is 17.4. The average molecular weight is 293 g/mol. The van der Waals surface area contributed by atoms with Crippen molar-refractivity contribution in [2.75, 3.05) is 13.1 Å². The third-order valence-electron chi connectivity index (χ3n) is 2.81. The van der Waals surface area contributed by atoms with Crippen LogP contribution < -0.4 is 10.6 Å². The molecule has 1 aromatic heterocycles. The largest absolute Gasteiger partial charge is 0.444 e. The first-order chi connectivity index (χ1) is 9.78. The van der Waals surface area contributed by atoms with Crippen molar-refractivity contribution >= 4 is 6.09 Å². The standard InChI is InChI=1S/C16H27N3O2/c1-12-9-13(2)14(19-10-12)11-17-7-6-8-18-15(20)21-16(3,4)5/h9-10,17H,6-8,11H2,1-5H3,(H,18,20). The van der Waals surface area contributed by atoms with Gasteiger partial charge in [0.2, 0.25) is 0 Å². The Kier molecular flexibility index (Phi) is 6.62. The SMILES string of the molecule is Cc1cnc(CNCCCNC(=O)OC(C)(C)C)c(C)c1. The van der Waals surface area contributed by atoms with E-state index in [2.05, 4.69) is 28.6 Å². The summed E-state index contributed by atoms with van der Waals surface area (Å²) in [6, 6.07) is 2.13. The molecule has 0 aromatic carbocycles. The van der Waals surface area contributed by atoms with Gasteiger partial charge in [0, 0.05) is 19.3 Å². The quantitative estimate of drug-likeness (QED) is 0.792. The Bertz CT molecular complexity index is 467. The minimum atomic E-state index is -0.447. The summed E-state index contributed by atoms with van der Waals surface area (Å²) in [5.41, 5.74) is 3.00. The van der Waals surface area contributed by atoms with Crippen LogP contribution in [0.1, 0.15) is 44.0 Å². The number of nitrogens with zero attached hydrogens (tertiary/aromatic N) is 1. The van der Waals surface area contributed by atoms with Gasteiger partial charge in [0.05, 0.1) is 5.69 Å². The molecule has 5 nitrogen and oxygen atoms in total. The van der Waals surface area contributed by atoms with Gasteiger partial charge in [0.15, 0.2) is 0 Å². The van der Waals surface area contributed by atoms with Crippen molar-refractivity contribution in [3.63, 3.8) is 0 Å². The molecule has 1 amide bonds. The highest BCUT2D eigenvalue weighted by atomic mass is 16.6. The number of alkyl carbamates (subject to hydrolysis) is 1. The molecule has 0 fully saturated rings. The third kappa shape index (κ3) is 7.66. The van der Waals surface area contributed by atoms with Crippen LogP contribution in [0, 0.1) is 13.8 Å². The fourth-order valence-corrected chi connectivity index (χ4v) is 1.85. The van der Waals surface area contributed by atoms with Gasteiger partial charge in [0.25, 0.3) is 0 Å². The minimum absolute atomic E-state index is 0.362. The molecule has 2 N–H and O–H groups in total. The summed E-state index contributed by atoms with van der Waals surface area (Å²) in [6.07, 6.45) is 2.37. The molecule has 1 aromatic rings. The van der Waals surface area contributed by atoms with Gasteiger partial charge < -0.3 is 15.4 Å². The molecule has 21 heavy (non-hydrogen) atoms. The van der Waals surface area contributed by atoms with Crippen LogP contribution in [0.25, 0.3) is 0 Å². The summed E-state index contributed by atoms with van der Waals surface area (Å²) in [6.45, 7) is 11.8. The zero-order valence-electron chi connectivity index (χ0n) is 13.7. The van der Waals surface area contributed by atoms with Gasteiger partial charge in [-0.2, -0.15) is 0 Å². The lowest BCUT2D eigenvalue weighted by molar-refractivity contribution is 0.0527. The molecule has 0 unspecified atom stereocenters. The number of hydrogen-bond acceptors (Lipinski definition) is 4. The molecule has 0 aliphatic rings. The molecule has 0 aliphatic carbocycles. The number of aromatic nitrogens is 1. The first-order valence-corrected chi connectivity index (χ1v) is 7.37. The van der Waals surface area contributed by atoms with Crippen molar-refractivity contribution < 1.29 is 9.53 Å². The van der Waals surface area contributed by atoms with Crippen molar-refractivity contribution in [3.05, 3.63) is 29.1 Å². The number of ether oxygens (including phenoxy) is 1. The third-order valence-corrected chi connectivity index (χ3v) is 2.81. The highest BCUT2D eigenvalue weighted by Gasteiger charge is 2.15. The van der Waals surface area contributed by atoms with E-state index in [1.165, 1.54) is 11.1 Å². The van der Waals surface area contributed by atoms with E-state index >= 15 is 0 Å². The van der Waals surface area contributed by atoms with E-state index < -0.39 is 5.60 Å². The maximum atomic E-state index is 11.4. The number of rotatable bonds is 6. The molecule has 0 saturated carbocycles. The Morgan fingerprint density at radius 2 is 2.00 bits per heavy atom. The van der Waals surface area contributed by atoms with Crippen LogP contribution in [0.15, 0.2) is 12.3 Å². The van der Waals surface area contributed by atoms with Crippen LogP contribution in [0.3, 0.4) is 0 Å². The zero-order chi connectivity index (χ0) is 15.9. The minimum Gasteiger partial charge on any atom is -0.444 e. The topological polar surface area (TPSA) is 63.2 Å². The van der Waals surface area contributed by atoms with Gasteiger partial charge >= 0.3 is 6.09 Å². The lowest BCUT2D eigenvalue weighted by Gasteiger charge is -2.19. The second kappa shape index (κ2) is 7.98. The van der Waals surface area contributed by atoms with E-state index in [1.807, 2.05) is 33.9 Å². The Labute approximate surface area is 127 Å². The summed E-state index contributed by atoms with van der Waals surface area (Å²) >= 11 is 0. The van der Waals surface area contributed by atoms with Crippen molar-refractivity contribution in [3.8, 4) is 0 Å². The molecule has 0 radical (unpaired) electrons. The first-order valence-electron chi connectivity index (χ1n) is 7.37. The van der Waals surface area contributed by atoms with Crippen LogP contribution in [0.2, 0.25) is 0 Å². The van der Waals surface area contributed by atoms with Crippen LogP contribution in [-0.2, 0) is 11.3 Å². The number of pyridine rings is 1. The molecule has 0 bridgehead atoms. The highest BCUT2D eigenvalue weighted by molar-refractivity contribution is 5.67. The molecule has 118 valence electrons. The monoisotopic (exact) mass is 293 g/mol. The molecule has 0 atom stereocenters. The van der Waals surface area contributed by atoms with E-state index in [4.69, 9.17) is 4.74 Å². The average Bonchev–Trinajstić information content (AvgIpc) is 2.33. The van der Waals surface area contributed by atoms with E-state index in [0.717, 1.165) is 25.2 Å². The summed E-state index contributed by atoms with van der Waals surface area (Å²) in [5, 5.41) is 6.07. The predicted octanol–water partition coefficient (Wildman–Crippen LogP) is 2.70. The molecular weight excluding hydrogens is 266 g/mol. The number of carbonyl (C=O) groups excluding carboxylic acids is 1. The molecule has 1 heterocycles. The van der Waals surface area contributed by atoms with Crippen LogP contribution >= 0.6 is 0 Å². The summed E-state index contributed by atoms with van der Waals surface area (Å²) in [7, 11) is 0. The molecule has 1 rings (SSSR count). The van der Waals surface area contributed by atoms with Crippen LogP contribution in [0.5, 0.6) is 0 Å². The van der Waals surface area contributed by atoms with Gasteiger partial charge in [0.1, 0.15) is 5.60 Å². The maximum Gasteiger partial charge on any atom is 0.407 e. The van der Waals surface area contributed by atoms with Crippen LogP contribution in [0.4, 0.5) is 4.79 Å². The lowest BCUT2D eigenvalue weighted by Crippen LogP contribution is -2.33. The van der Waals surface area contributed by atoms with Crippen molar-refractivity contribution in [2.24, 2.45) is 0 Å². The van der Waals surface area contributed by atoms with Gasteiger partial charge in [-0.05, 0) is 58.7 Å². The number of carbonyl (C=O) groups is 1. The van der Waals surface area contributed by atoms with Crippen molar-refractivity contribution in [1.29, 1.82) is 0 Å². The van der Waals surface area contributed by atoms with Crippen molar-refractivity contribution in [2.45, 2.75) is 53.2 Å². The predicted molar refractivity (Wildman–Crippen MR) is 84.3 cm³/mol. The molecule has 0 spiro atoms. The smallest absolute Gasteiger partial charge is 0.407 e. The summed E-state index contributed by atoms with van der Waals surface area (Å²) < 4.78 is 5.16. The van der Waals surface area contributed by atoms with E-state index in [-0.39, 0.29) is 6.09 Å². The maximum absolute atomic E-state index is 11.4. The van der Waals surface area contributed by atoms with Gasteiger partial charge in [-0.25, -0.2) is 4.79 Å². The Balaban J connectivity index is 2.13. The number of hydrogen-bond donors (Lipinski definition) is 2. The Hall–Kier alpha value is -1.62. The Morgan fingerprint density at radius 3 is 2.62 bits per heavy atom. The Morgan fingerprint density at radius 1 is 1.29 bits per heavy atom. The van der Waals surface area contributed by atoms with Gasteiger partial charge in [-0.15, -0.1) is 0 Å². The summed E-state index contributed by atoms with van der Waals surface area (Å²) in [4.78, 5) is 15.8. The van der Waals surface area contributed by atoms with Crippen LogP contribution in [-0.4, -0.2) is 29.8 Å². The second-order valence-corrected chi connectivity index (χ2v) is 6.24. The molecular formula is C16H27N3O2. The van der Waals surface area contributed by atoms with Gasteiger partial charge in [-0.1, -0.05) is 6.07 Å². The van der Waals surface area contributed by atoms with Gasteiger partial charge in [-0.3, -0.25) is 4.98 Å². The zero-order valence-corrected chi connectivity index (χ0v) is 13.7. The lowest BCUT2D eigenvalue weighted by atomic mass is 10.1. The molecule has 0 aliphatic heterocycles. The van der Waals surface area contributed by atoms with E-state index in [9.17, 15) is 4.79 Å². The number of aryl methyl sites for hydroxylation is 2. The van der Waals surface area contributed by atoms with Crippen molar-refractivity contribution in [1.82, 2.24) is 15.6 Å². The summed E-state index contributed by atoms with van der Waals surface area (Å²) in [5.74, 6) is 0.